The zero-order chi connectivity index (χ0) is 8.27. The van der Waals surface area contributed by atoms with Gasteiger partial charge in [-0.25, -0.2) is 9.78 Å². The first kappa shape index (κ1) is 7.69. The maximum Gasteiger partial charge on any atom is 0.367 e. The molecule has 5 heteroatoms. The monoisotopic (exact) mass is 168 g/mol. The van der Waals surface area contributed by atoms with Gasteiger partial charge in [0.25, 0.3) is 0 Å². The Hall–Kier alpha value is -1.41. The van der Waals surface area contributed by atoms with Crippen molar-refractivity contribution in [3.8, 4) is 6.07 Å². The third-order valence-corrected chi connectivity index (χ3v) is 1.86. The summed E-state index contributed by atoms with van der Waals surface area (Å²) in [7, 11) is 1.27. The number of nitriles is 1. The number of carbonyl (C=O) groups is 1. The van der Waals surface area contributed by atoms with Crippen molar-refractivity contribution in [2.75, 3.05) is 7.11 Å². The van der Waals surface area contributed by atoms with E-state index in [-0.39, 0.29) is 5.01 Å². The second kappa shape index (κ2) is 3.12. The summed E-state index contributed by atoms with van der Waals surface area (Å²) >= 11 is 1.02. The minimum absolute atomic E-state index is 0.212. The Morgan fingerprint density at radius 1 is 1.91 bits per heavy atom. The van der Waals surface area contributed by atoms with E-state index in [0.29, 0.717) is 4.88 Å². The summed E-state index contributed by atoms with van der Waals surface area (Å²) in [5.74, 6) is -0.503. The summed E-state index contributed by atoms with van der Waals surface area (Å²) < 4.78 is 4.39. The number of thiazole rings is 1. The Morgan fingerprint density at radius 2 is 2.64 bits per heavy atom. The number of rotatable bonds is 1. The fourth-order valence-electron chi connectivity index (χ4n) is 0.507. The molecule has 0 fully saturated rings. The normalized spacial score (nSPS) is 8.73. The van der Waals surface area contributed by atoms with Crippen molar-refractivity contribution < 1.29 is 9.53 Å². The molecular formula is C6H4N2O2S. The smallest absolute Gasteiger partial charge is 0.367 e. The van der Waals surface area contributed by atoms with Crippen molar-refractivity contribution in [3.63, 3.8) is 0 Å². The predicted octanol–water partition coefficient (Wildman–Crippen LogP) is 0.801. The van der Waals surface area contributed by atoms with E-state index in [4.69, 9.17) is 5.26 Å². The number of esters is 1. The van der Waals surface area contributed by atoms with Gasteiger partial charge in [0.15, 0.2) is 0 Å². The summed E-state index contributed by atoms with van der Waals surface area (Å²) in [6.45, 7) is 0. The number of ether oxygens (including phenoxy) is 1. The molecule has 0 spiro atoms. The van der Waals surface area contributed by atoms with Crippen LogP contribution < -0.4 is 0 Å². The van der Waals surface area contributed by atoms with E-state index in [2.05, 4.69) is 9.72 Å². The third kappa shape index (κ3) is 1.53. The van der Waals surface area contributed by atoms with E-state index in [9.17, 15) is 4.79 Å². The molecule has 0 aliphatic heterocycles. The summed E-state index contributed by atoms with van der Waals surface area (Å²) in [5.41, 5.74) is 0. The van der Waals surface area contributed by atoms with E-state index in [0.717, 1.165) is 11.3 Å². The Kier molecular flexibility index (Phi) is 2.18. The van der Waals surface area contributed by atoms with Crippen LogP contribution in [0.25, 0.3) is 0 Å². The molecule has 0 radical (unpaired) electrons. The van der Waals surface area contributed by atoms with Crippen LogP contribution in [0.1, 0.15) is 14.7 Å². The van der Waals surface area contributed by atoms with Crippen molar-refractivity contribution in [3.05, 3.63) is 16.1 Å². The molecule has 0 aliphatic rings. The van der Waals surface area contributed by atoms with Gasteiger partial charge in [0.05, 0.1) is 13.3 Å². The molecule has 0 saturated carbocycles. The van der Waals surface area contributed by atoms with Crippen molar-refractivity contribution in [1.29, 1.82) is 5.26 Å². The highest BCUT2D eigenvalue weighted by Gasteiger charge is 2.09. The minimum atomic E-state index is -0.503. The fraction of sp³-hybridized carbons (Fsp3) is 0.167. The maximum atomic E-state index is 10.8. The van der Waals surface area contributed by atoms with Crippen molar-refractivity contribution in [1.82, 2.24) is 4.98 Å². The van der Waals surface area contributed by atoms with Crippen LogP contribution in [0.5, 0.6) is 0 Å². The Balaban J connectivity index is 2.91. The number of hydrogen-bond acceptors (Lipinski definition) is 5. The van der Waals surface area contributed by atoms with Crippen LogP contribution >= 0.6 is 11.3 Å². The first-order valence-electron chi connectivity index (χ1n) is 2.72. The van der Waals surface area contributed by atoms with Gasteiger partial charge in [0, 0.05) is 0 Å². The quantitative estimate of drug-likeness (QED) is 0.582. The first-order valence-corrected chi connectivity index (χ1v) is 3.54. The Labute approximate surface area is 67.1 Å². The van der Waals surface area contributed by atoms with Crippen LogP contribution in [-0.4, -0.2) is 18.1 Å². The van der Waals surface area contributed by atoms with E-state index in [1.807, 2.05) is 6.07 Å². The Morgan fingerprint density at radius 3 is 3.09 bits per heavy atom. The first-order chi connectivity index (χ1) is 5.27. The molecule has 0 unspecified atom stereocenters. The molecule has 1 aromatic heterocycles. The molecule has 56 valence electrons. The predicted molar refractivity (Wildman–Crippen MR) is 38.2 cm³/mol. The summed E-state index contributed by atoms with van der Waals surface area (Å²) in [5, 5.41) is 8.59. The third-order valence-electron chi connectivity index (χ3n) is 0.976. The lowest BCUT2D eigenvalue weighted by Gasteiger charge is -1.89. The molecule has 0 N–H and O–H groups in total. The van der Waals surface area contributed by atoms with Crippen LogP contribution in [0.15, 0.2) is 6.20 Å². The number of hydrogen-bond donors (Lipinski definition) is 0. The fourth-order valence-corrected chi connectivity index (χ4v) is 1.14. The molecule has 1 rings (SSSR count). The molecule has 0 aromatic carbocycles. The highest BCUT2D eigenvalue weighted by Crippen LogP contribution is 2.11. The lowest BCUT2D eigenvalue weighted by Crippen LogP contribution is -1.98. The molecule has 0 bridgehead atoms. The van der Waals surface area contributed by atoms with E-state index in [1.165, 1.54) is 13.3 Å². The van der Waals surface area contributed by atoms with E-state index < -0.39 is 5.97 Å². The number of carbonyl (C=O) groups excluding carboxylic acids is 1. The van der Waals surface area contributed by atoms with Gasteiger partial charge in [-0.2, -0.15) is 5.26 Å². The summed E-state index contributed by atoms with van der Waals surface area (Å²) in [6.07, 6.45) is 1.34. The van der Waals surface area contributed by atoms with Crippen LogP contribution in [0.2, 0.25) is 0 Å². The van der Waals surface area contributed by atoms with Crippen LogP contribution in [0.4, 0.5) is 0 Å². The van der Waals surface area contributed by atoms with Gasteiger partial charge >= 0.3 is 5.97 Å². The standard InChI is InChI=1S/C6H4N2O2S/c1-10-6(9)5-8-3-4(2-7)11-5/h3H,1H3. The van der Waals surface area contributed by atoms with E-state index >= 15 is 0 Å². The second-order valence-electron chi connectivity index (χ2n) is 1.63. The molecule has 1 heterocycles. The number of aromatic nitrogens is 1. The zero-order valence-electron chi connectivity index (χ0n) is 5.70. The van der Waals surface area contributed by atoms with Gasteiger partial charge in [-0.3, -0.25) is 0 Å². The number of nitrogens with zero attached hydrogens (tertiary/aromatic N) is 2. The average Bonchev–Trinajstić information content (AvgIpc) is 2.50. The average molecular weight is 168 g/mol. The highest BCUT2D eigenvalue weighted by atomic mass is 32.1. The topological polar surface area (TPSA) is 63.0 Å². The Bertz CT molecular complexity index is 313. The molecule has 4 nitrogen and oxygen atoms in total. The van der Waals surface area contributed by atoms with Crippen LogP contribution in [-0.2, 0) is 4.74 Å². The van der Waals surface area contributed by atoms with Gasteiger partial charge in [-0.15, -0.1) is 0 Å². The molecule has 0 amide bonds. The SMILES string of the molecule is COC(=O)c1ncc(C#N)s1. The van der Waals surface area contributed by atoms with Gasteiger partial charge in [0.2, 0.25) is 5.01 Å². The van der Waals surface area contributed by atoms with Gasteiger partial charge < -0.3 is 4.74 Å². The minimum Gasteiger partial charge on any atom is -0.464 e. The van der Waals surface area contributed by atoms with E-state index in [1.54, 1.807) is 0 Å². The van der Waals surface area contributed by atoms with Crippen molar-refractivity contribution in [2.45, 2.75) is 0 Å². The molecule has 1 aromatic rings. The number of methoxy groups -OCH3 is 1. The summed E-state index contributed by atoms with van der Waals surface area (Å²) in [4.78, 5) is 14.8. The lowest BCUT2D eigenvalue weighted by atomic mass is 10.6. The van der Waals surface area contributed by atoms with Crippen LogP contribution in [0, 0.1) is 11.3 Å². The summed E-state index contributed by atoms with van der Waals surface area (Å²) in [6, 6.07) is 1.87. The van der Waals surface area contributed by atoms with Gasteiger partial charge in [-0.1, -0.05) is 11.3 Å². The molecular weight excluding hydrogens is 164 g/mol. The molecule has 11 heavy (non-hydrogen) atoms. The van der Waals surface area contributed by atoms with Crippen molar-refractivity contribution >= 4 is 17.3 Å². The molecule has 0 aliphatic carbocycles. The van der Waals surface area contributed by atoms with Gasteiger partial charge in [0.1, 0.15) is 10.9 Å². The maximum absolute atomic E-state index is 10.8. The highest BCUT2D eigenvalue weighted by molar-refractivity contribution is 7.14. The van der Waals surface area contributed by atoms with Crippen LogP contribution in [0.3, 0.4) is 0 Å². The molecule has 0 atom stereocenters. The van der Waals surface area contributed by atoms with Gasteiger partial charge in [-0.05, 0) is 0 Å². The van der Waals surface area contributed by atoms with Crippen molar-refractivity contribution in [2.24, 2.45) is 0 Å². The zero-order valence-corrected chi connectivity index (χ0v) is 6.51. The second-order valence-corrected chi connectivity index (χ2v) is 2.66. The largest absolute Gasteiger partial charge is 0.464 e. The lowest BCUT2D eigenvalue weighted by molar-refractivity contribution is 0.0600. The molecule has 0 saturated heterocycles.